The largest absolute Gasteiger partial charge is 0.489 e. The molecule has 4 aromatic carbocycles. The summed E-state index contributed by atoms with van der Waals surface area (Å²) in [6, 6.07) is 30.1. The molecule has 0 N–H and O–H groups in total. The zero-order chi connectivity index (χ0) is 23.5. The van der Waals surface area contributed by atoms with Gasteiger partial charge in [-0.15, -0.1) is 11.3 Å². The fourth-order valence-corrected chi connectivity index (χ4v) is 4.76. The molecule has 1 aromatic heterocycles. The van der Waals surface area contributed by atoms with Crippen LogP contribution in [0, 0.1) is 0 Å². The average Bonchev–Trinajstić information content (AvgIpc) is 3.21. The van der Waals surface area contributed by atoms with Crippen molar-refractivity contribution in [2.45, 2.75) is 12.8 Å². The molecule has 0 bridgehead atoms. The van der Waals surface area contributed by atoms with Gasteiger partial charge in [-0.3, -0.25) is 0 Å². The fraction of sp³-hybridized carbons (Fsp3) is 0.0714. The summed E-state index contributed by atoms with van der Waals surface area (Å²) in [6.45, 7) is 0.441. The van der Waals surface area contributed by atoms with E-state index in [4.69, 9.17) is 9.47 Å². The van der Waals surface area contributed by atoms with E-state index in [1.165, 1.54) is 23.5 Å². The standard InChI is InChI=1S/C28H19F3O2S/c29-28(30,31)21-13-11-20(12-14-21)27-26(33-22-9-5-2-6-10-22)24-16-15-23(17-25(24)34-27)32-18-19-7-3-1-4-8-19/h1-17H,18H2. The second-order valence-corrected chi connectivity index (χ2v) is 8.73. The van der Waals surface area contributed by atoms with Gasteiger partial charge in [-0.25, -0.2) is 0 Å². The van der Waals surface area contributed by atoms with Crippen LogP contribution >= 0.6 is 11.3 Å². The minimum atomic E-state index is -4.38. The summed E-state index contributed by atoms with van der Waals surface area (Å²) in [5, 5.41) is 0.871. The number of rotatable bonds is 6. The van der Waals surface area contributed by atoms with E-state index >= 15 is 0 Å². The molecule has 0 aliphatic carbocycles. The molecule has 170 valence electrons. The van der Waals surface area contributed by atoms with Gasteiger partial charge in [0.05, 0.1) is 10.4 Å². The minimum absolute atomic E-state index is 0.441. The van der Waals surface area contributed by atoms with E-state index in [1.54, 1.807) is 0 Å². The second-order valence-electron chi connectivity index (χ2n) is 7.68. The molecule has 6 heteroatoms. The van der Waals surface area contributed by atoms with Crippen molar-refractivity contribution in [3.8, 4) is 27.7 Å². The van der Waals surface area contributed by atoms with Crippen LogP contribution in [0.1, 0.15) is 11.1 Å². The van der Waals surface area contributed by atoms with Crippen LogP contribution in [0.15, 0.2) is 103 Å². The summed E-state index contributed by atoms with van der Waals surface area (Å²) in [4.78, 5) is 0.757. The van der Waals surface area contributed by atoms with Crippen molar-refractivity contribution in [1.82, 2.24) is 0 Å². The first-order valence-electron chi connectivity index (χ1n) is 10.6. The maximum atomic E-state index is 13.1. The topological polar surface area (TPSA) is 18.5 Å². The SMILES string of the molecule is FC(F)(F)c1ccc(-c2sc3cc(OCc4ccccc4)ccc3c2Oc2ccccc2)cc1. The summed E-state index contributed by atoms with van der Waals surface area (Å²) in [6.07, 6.45) is -4.38. The average molecular weight is 477 g/mol. The van der Waals surface area contributed by atoms with Gasteiger partial charge in [0, 0.05) is 10.1 Å². The van der Waals surface area contributed by atoms with Crippen molar-refractivity contribution < 1.29 is 22.6 Å². The monoisotopic (exact) mass is 476 g/mol. The quantitative estimate of drug-likeness (QED) is 0.243. The number of alkyl halides is 3. The highest BCUT2D eigenvalue weighted by molar-refractivity contribution is 7.22. The molecule has 0 saturated carbocycles. The van der Waals surface area contributed by atoms with Crippen molar-refractivity contribution >= 4 is 21.4 Å². The Labute approximate surface area is 198 Å². The van der Waals surface area contributed by atoms with Gasteiger partial charge in [-0.1, -0.05) is 60.7 Å². The van der Waals surface area contributed by atoms with Crippen LogP contribution in [-0.4, -0.2) is 0 Å². The Balaban J connectivity index is 1.53. The Bertz CT molecular complexity index is 1390. The number of halogens is 3. The van der Waals surface area contributed by atoms with Crippen LogP contribution in [-0.2, 0) is 12.8 Å². The van der Waals surface area contributed by atoms with Crippen LogP contribution < -0.4 is 9.47 Å². The van der Waals surface area contributed by atoms with Crippen molar-refractivity contribution in [3.63, 3.8) is 0 Å². The van der Waals surface area contributed by atoms with E-state index in [0.29, 0.717) is 29.4 Å². The lowest BCUT2D eigenvalue weighted by Gasteiger charge is -2.10. The van der Waals surface area contributed by atoms with Gasteiger partial charge in [-0.2, -0.15) is 13.2 Å². The molecule has 0 atom stereocenters. The van der Waals surface area contributed by atoms with Crippen LogP contribution in [0.25, 0.3) is 20.5 Å². The predicted molar refractivity (Wildman–Crippen MR) is 130 cm³/mol. The van der Waals surface area contributed by atoms with E-state index in [1.807, 2.05) is 78.9 Å². The van der Waals surface area contributed by atoms with Gasteiger partial charge in [0.25, 0.3) is 0 Å². The molecule has 0 radical (unpaired) electrons. The third-order valence-corrected chi connectivity index (χ3v) is 6.48. The van der Waals surface area contributed by atoms with E-state index < -0.39 is 11.7 Å². The highest BCUT2D eigenvalue weighted by Crippen LogP contribution is 2.47. The number of hydrogen-bond acceptors (Lipinski definition) is 3. The molecule has 0 unspecified atom stereocenters. The van der Waals surface area contributed by atoms with Crippen LogP contribution in [0.3, 0.4) is 0 Å². The lowest BCUT2D eigenvalue weighted by Crippen LogP contribution is -2.03. The lowest BCUT2D eigenvalue weighted by molar-refractivity contribution is -0.137. The van der Waals surface area contributed by atoms with Crippen molar-refractivity contribution in [1.29, 1.82) is 0 Å². The lowest BCUT2D eigenvalue weighted by atomic mass is 10.1. The van der Waals surface area contributed by atoms with Crippen LogP contribution in [0.5, 0.6) is 17.2 Å². The molecular weight excluding hydrogens is 457 g/mol. The molecule has 0 amide bonds. The highest BCUT2D eigenvalue weighted by atomic mass is 32.1. The maximum Gasteiger partial charge on any atom is 0.416 e. The first-order chi connectivity index (χ1) is 16.5. The van der Waals surface area contributed by atoms with Crippen LogP contribution in [0.2, 0.25) is 0 Å². The number of fused-ring (bicyclic) bond motifs is 1. The Morgan fingerprint density at radius 2 is 1.38 bits per heavy atom. The van der Waals surface area contributed by atoms with Gasteiger partial charge in [0.2, 0.25) is 0 Å². The van der Waals surface area contributed by atoms with Gasteiger partial charge in [-0.05, 0) is 53.6 Å². The second kappa shape index (κ2) is 9.23. The number of hydrogen-bond donors (Lipinski definition) is 0. The molecule has 0 spiro atoms. The predicted octanol–water partition coefficient (Wildman–Crippen LogP) is 8.96. The first kappa shape index (κ1) is 22.0. The summed E-state index contributed by atoms with van der Waals surface area (Å²) in [5.41, 5.74) is 1.04. The van der Waals surface area contributed by atoms with Gasteiger partial charge in [0.1, 0.15) is 18.1 Å². The van der Waals surface area contributed by atoms with E-state index in [-0.39, 0.29) is 0 Å². The van der Waals surface area contributed by atoms with Gasteiger partial charge >= 0.3 is 6.18 Å². The smallest absolute Gasteiger partial charge is 0.416 e. The number of thiophene rings is 1. The molecule has 0 saturated heterocycles. The Morgan fingerprint density at radius 3 is 2.06 bits per heavy atom. The van der Waals surface area contributed by atoms with E-state index in [9.17, 15) is 13.2 Å². The maximum absolute atomic E-state index is 13.1. The fourth-order valence-electron chi connectivity index (χ4n) is 3.59. The van der Waals surface area contributed by atoms with Crippen molar-refractivity contribution in [2.75, 3.05) is 0 Å². The number of para-hydroxylation sites is 1. The Kier molecular flexibility index (Phi) is 5.99. The summed E-state index contributed by atoms with van der Waals surface area (Å²) in [7, 11) is 0. The number of ether oxygens (including phenoxy) is 2. The normalized spacial score (nSPS) is 11.5. The summed E-state index contributed by atoms with van der Waals surface area (Å²) < 4.78 is 52.3. The molecule has 0 aliphatic heterocycles. The highest BCUT2D eigenvalue weighted by Gasteiger charge is 2.30. The van der Waals surface area contributed by atoms with Crippen molar-refractivity contribution in [3.05, 3.63) is 114 Å². The molecule has 5 rings (SSSR count). The van der Waals surface area contributed by atoms with Crippen molar-refractivity contribution in [2.24, 2.45) is 0 Å². The molecule has 2 nitrogen and oxygen atoms in total. The van der Waals surface area contributed by atoms with Crippen LogP contribution in [0.4, 0.5) is 13.2 Å². The molecule has 0 aliphatic rings. The third-order valence-electron chi connectivity index (χ3n) is 5.30. The zero-order valence-corrected chi connectivity index (χ0v) is 18.7. The molecule has 34 heavy (non-hydrogen) atoms. The molecule has 0 fully saturated rings. The minimum Gasteiger partial charge on any atom is -0.489 e. The Morgan fingerprint density at radius 1 is 0.706 bits per heavy atom. The third kappa shape index (κ3) is 4.77. The molecule has 5 aromatic rings. The van der Waals surface area contributed by atoms with E-state index in [0.717, 1.165) is 32.7 Å². The zero-order valence-electron chi connectivity index (χ0n) is 17.9. The summed E-state index contributed by atoms with van der Waals surface area (Å²) >= 11 is 1.46. The molecular formula is C28H19F3O2S. The van der Waals surface area contributed by atoms with Gasteiger partial charge < -0.3 is 9.47 Å². The van der Waals surface area contributed by atoms with E-state index in [2.05, 4.69) is 0 Å². The first-order valence-corrected chi connectivity index (χ1v) is 11.4. The van der Waals surface area contributed by atoms with Gasteiger partial charge in [0.15, 0.2) is 5.75 Å². The summed E-state index contributed by atoms with van der Waals surface area (Å²) in [5.74, 6) is 1.98. The molecule has 1 heterocycles. The Hall–Kier alpha value is -3.77. The number of benzene rings is 4.